The first-order chi connectivity index (χ1) is 12.3. The molecule has 1 aliphatic heterocycles. The predicted octanol–water partition coefficient (Wildman–Crippen LogP) is 4.22. The first kappa shape index (κ1) is 19.0. The van der Waals surface area contributed by atoms with Crippen molar-refractivity contribution < 1.29 is 13.2 Å². The lowest BCUT2D eigenvalue weighted by atomic mass is 10.1. The number of hydrogen-bond donors (Lipinski definition) is 1. The van der Waals surface area contributed by atoms with Gasteiger partial charge in [-0.05, 0) is 73.7 Å². The van der Waals surface area contributed by atoms with Gasteiger partial charge in [-0.25, -0.2) is 8.42 Å². The molecule has 1 N–H and O–H groups in total. The highest BCUT2D eigenvalue weighted by Gasteiger charge is 2.29. The standard InChI is InChI=1S/C20H23NO3S2/c1-14-3-6-19(11-15(14)2)25-18-7-4-17(5-8-18)21-20(22)12-16-9-10-26(23,24)13-16/h3-8,11,16H,9-10,12-13H2,1-2H3,(H,21,22)/t16-/m0/s1. The van der Waals surface area contributed by atoms with Gasteiger partial charge in [-0.2, -0.15) is 0 Å². The third kappa shape index (κ3) is 5.11. The summed E-state index contributed by atoms with van der Waals surface area (Å²) in [5.74, 6) is 0.155. The van der Waals surface area contributed by atoms with Crippen LogP contribution < -0.4 is 5.32 Å². The molecule has 0 aromatic heterocycles. The van der Waals surface area contributed by atoms with Crippen LogP contribution in [-0.4, -0.2) is 25.8 Å². The highest BCUT2D eigenvalue weighted by Crippen LogP contribution is 2.30. The van der Waals surface area contributed by atoms with Crippen molar-refractivity contribution in [2.45, 2.75) is 36.5 Å². The van der Waals surface area contributed by atoms with Crippen LogP contribution >= 0.6 is 11.8 Å². The van der Waals surface area contributed by atoms with Gasteiger partial charge in [-0.15, -0.1) is 0 Å². The largest absolute Gasteiger partial charge is 0.326 e. The van der Waals surface area contributed by atoms with E-state index in [1.54, 1.807) is 11.8 Å². The van der Waals surface area contributed by atoms with Crippen molar-refractivity contribution >= 4 is 33.2 Å². The van der Waals surface area contributed by atoms with Crippen molar-refractivity contribution in [1.29, 1.82) is 0 Å². The summed E-state index contributed by atoms with van der Waals surface area (Å²) >= 11 is 1.68. The number of amides is 1. The third-order valence-electron chi connectivity index (χ3n) is 4.65. The average Bonchev–Trinajstić information content (AvgIpc) is 2.91. The minimum Gasteiger partial charge on any atom is -0.326 e. The van der Waals surface area contributed by atoms with E-state index in [0.717, 1.165) is 10.6 Å². The van der Waals surface area contributed by atoms with Crippen molar-refractivity contribution in [3.05, 3.63) is 53.6 Å². The lowest BCUT2D eigenvalue weighted by Gasteiger charge is -2.10. The molecule has 4 nitrogen and oxygen atoms in total. The van der Waals surface area contributed by atoms with Gasteiger partial charge in [0.1, 0.15) is 0 Å². The number of hydrogen-bond acceptors (Lipinski definition) is 4. The summed E-state index contributed by atoms with van der Waals surface area (Å²) in [6.45, 7) is 4.20. The molecule has 6 heteroatoms. The Bertz CT molecular complexity index is 905. The minimum absolute atomic E-state index is 0.0559. The van der Waals surface area contributed by atoms with Crippen molar-refractivity contribution in [3.8, 4) is 0 Å². The predicted molar refractivity (Wildman–Crippen MR) is 106 cm³/mol. The first-order valence-electron chi connectivity index (χ1n) is 8.66. The quantitative estimate of drug-likeness (QED) is 0.832. The van der Waals surface area contributed by atoms with Gasteiger partial charge in [0.15, 0.2) is 9.84 Å². The highest BCUT2D eigenvalue weighted by atomic mass is 32.2. The lowest BCUT2D eigenvalue weighted by molar-refractivity contribution is -0.116. The molecule has 1 atom stereocenters. The molecule has 1 heterocycles. The van der Waals surface area contributed by atoms with Crippen LogP contribution in [0.5, 0.6) is 0 Å². The zero-order valence-corrected chi connectivity index (χ0v) is 16.6. The molecule has 0 unspecified atom stereocenters. The normalized spacial score (nSPS) is 18.6. The molecule has 0 radical (unpaired) electrons. The number of aryl methyl sites for hydroxylation is 2. The Morgan fingerprint density at radius 1 is 1.08 bits per heavy atom. The Morgan fingerprint density at radius 3 is 2.38 bits per heavy atom. The molecular weight excluding hydrogens is 366 g/mol. The number of carbonyl (C=O) groups excluding carboxylic acids is 1. The second-order valence-corrected chi connectivity index (χ2v) is 10.3. The van der Waals surface area contributed by atoms with E-state index in [1.165, 1.54) is 16.0 Å². The lowest BCUT2D eigenvalue weighted by Crippen LogP contribution is -2.17. The number of anilines is 1. The highest BCUT2D eigenvalue weighted by molar-refractivity contribution is 7.99. The fraction of sp³-hybridized carbons (Fsp3) is 0.350. The van der Waals surface area contributed by atoms with Crippen molar-refractivity contribution in [2.24, 2.45) is 5.92 Å². The van der Waals surface area contributed by atoms with E-state index < -0.39 is 9.84 Å². The molecule has 0 spiro atoms. The van der Waals surface area contributed by atoms with E-state index in [4.69, 9.17) is 0 Å². The molecule has 0 saturated carbocycles. The summed E-state index contributed by atoms with van der Waals surface area (Å²) in [6.07, 6.45) is 0.847. The van der Waals surface area contributed by atoms with E-state index >= 15 is 0 Å². The topological polar surface area (TPSA) is 63.2 Å². The Hall–Kier alpha value is -1.79. The molecule has 138 valence electrons. The minimum atomic E-state index is -2.94. The van der Waals surface area contributed by atoms with Gasteiger partial charge in [0, 0.05) is 21.9 Å². The maximum absolute atomic E-state index is 12.1. The first-order valence-corrected chi connectivity index (χ1v) is 11.3. The van der Waals surface area contributed by atoms with Gasteiger partial charge < -0.3 is 5.32 Å². The maximum atomic E-state index is 12.1. The Balaban J connectivity index is 1.55. The summed E-state index contributed by atoms with van der Waals surface area (Å²) in [6, 6.07) is 14.1. The number of benzene rings is 2. The van der Waals surface area contributed by atoms with Crippen molar-refractivity contribution in [1.82, 2.24) is 0 Å². The summed E-state index contributed by atoms with van der Waals surface area (Å²) in [7, 11) is -2.94. The van der Waals surface area contributed by atoms with Crippen LogP contribution in [0.25, 0.3) is 0 Å². The number of carbonyl (C=O) groups is 1. The smallest absolute Gasteiger partial charge is 0.224 e. The van der Waals surface area contributed by atoms with Gasteiger partial charge in [-0.3, -0.25) is 4.79 Å². The second kappa shape index (κ2) is 7.84. The number of nitrogens with one attached hydrogen (secondary N) is 1. The van der Waals surface area contributed by atoms with Crippen LogP contribution in [0.2, 0.25) is 0 Å². The fourth-order valence-corrected chi connectivity index (χ4v) is 5.80. The zero-order valence-electron chi connectivity index (χ0n) is 15.0. The monoisotopic (exact) mass is 389 g/mol. The van der Waals surface area contributed by atoms with Gasteiger partial charge >= 0.3 is 0 Å². The van der Waals surface area contributed by atoms with E-state index in [9.17, 15) is 13.2 Å². The van der Waals surface area contributed by atoms with Crippen molar-refractivity contribution in [3.63, 3.8) is 0 Å². The maximum Gasteiger partial charge on any atom is 0.224 e. The summed E-state index contributed by atoms with van der Waals surface area (Å²) in [4.78, 5) is 14.4. The molecule has 1 saturated heterocycles. The van der Waals surface area contributed by atoms with Gasteiger partial charge in [0.2, 0.25) is 5.91 Å². The van der Waals surface area contributed by atoms with Gasteiger partial charge in [-0.1, -0.05) is 17.8 Å². The van der Waals surface area contributed by atoms with Crippen LogP contribution in [-0.2, 0) is 14.6 Å². The van der Waals surface area contributed by atoms with Crippen LogP contribution in [0.3, 0.4) is 0 Å². The Kier molecular flexibility index (Phi) is 5.73. The Morgan fingerprint density at radius 2 is 1.77 bits per heavy atom. The molecule has 1 aliphatic rings. The molecule has 0 aliphatic carbocycles. The SMILES string of the molecule is Cc1ccc(Sc2ccc(NC(=O)C[C@@H]3CCS(=O)(=O)C3)cc2)cc1C. The molecule has 26 heavy (non-hydrogen) atoms. The van der Waals surface area contributed by atoms with Crippen LogP contribution in [0.4, 0.5) is 5.69 Å². The van der Waals surface area contributed by atoms with E-state index in [2.05, 4.69) is 37.4 Å². The van der Waals surface area contributed by atoms with Crippen LogP contribution in [0.1, 0.15) is 24.0 Å². The molecule has 3 rings (SSSR count). The van der Waals surface area contributed by atoms with E-state index in [1.807, 2.05) is 24.3 Å². The van der Waals surface area contributed by atoms with Gasteiger partial charge in [0.25, 0.3) is 0 Å². The summed E-state index contributed by atoms with van der Waals surface area (Å²) in [5, 5.41) is 2.86. The second-order valence-electron chi connectivity index (χ2n) is 6.89. The summed E-state index contributed by atoms with van der Waals surface area (Å²) < 4.78 is 22.9. The van der Waals surface area contributed by atoms with E-state index in [-0.39, 0.29) is 29.8 Å². The number of sulfone groups is 1. The fourth-order valence-electron chi connectivity index (χ4n) is 3.03. The van der Waals surface area contributed by atoms with E-state index in [0.29, 0.717) is 6.42 Å². The zero-order chi connectivity index (χ0) is 18.7. The molecule has 0 bridgehead atoms. The molecule has 1 fully saturated rings. The molecule has 2 aromatic carbocycles. The number of rotatable bonds is 5. The molecule has 2 aromatic rings. The van der Waals surface area contributed by atoms with Crippen molar-refractivity contribution in [2.75, 3.05) is 16.8 Å². The van der Waals surface area contributed by atoms with Crippen LogP contribution in [0.15, 0.2) is 52.3 Å². The summed E-state index contributed by atoms with van der Waals surface area (Å²) in [5.41, 5.74) is 3.29. The van der Waals surface area contributed by atoms with Crippen LogP contribution in [0, 0.1) is 19.8 Å². The molecule has 1 amide bonds. The van der Waals surface area contributed by atoms with Gasteiger partial charge in [0.05, 0.1) is 11.5 Å². The average molecular weight is 390 g/mol. The third-order valence-corrected chi connectivity index (χ3v) is 7.49. The Labute approximate surface area is 159 Å². The molecular formula is C20H23NO3S2.